The van der Waals surface area contributed by atoms with E-state index in [9.17, 15) is 4.79 Å². The molecule has 19 heavy (non-hydrogen) atoms. The summed E-state index contributed by atoms with van der Waals surface area (Å²) in [5.74, 6) is 0.149. The van der Waals surface area contributed by atoms with Crippen molar-refractivity contribution in [2.75, 3.05) is 7.11 Å². The second kappa shape index (κ2) is 7.73. The van der Waals surface area contributed by atoms with Crippen LogP contribution in [-0.4, -0.2) is 19.1 Å². The lowest BCUT2D eigenvalue weighted by Crippen LogP contribution is -2.38. The van der Waals surface area contributed by atoms with Crippen LogP contribution in [0.15, 0.2) is 18.2 Å². The van der Waals surface area contributed by atoms with Crippen molar-refractivity contribution in [1.29, 1.82) is 0 Å². The van der Waals surface area contributed by atoms with E-state index in [1.165, 1.54) is 7.11 Å². The molecule has 1 aromatic rings. The fourth-order valence-electron chi connectivity index (χ4n) is 1.77. The number of halogens is 2. The molecule has 0 bridgehead atoms. The predicted octanol–water partition coefficient (Wildman–Crippen LogP) is 3.67. The second-order valence-electron chi connectivity index (χ2n) is 4.82. The summed E-state index contributed by atoms with van der Waals surface area (Å²) in [7, 11) is 1.40. The maximum Gasteiger partial charge on any atom is 0.322 e. The van der Waals surface area contributed by atoms with Gasteiger partial charge in [-0.15, -0.1) is 0 Å². The van der Waals surface area contributed by atoms with Crippen LogP contribution in [0.3, 0.4) is 0 Å². The van der Waals surface area contributed by atoms with Gasteiger partial charge in [0.1, 0.15) is 6.04 Å². The fourth-order valence-corrected chi connectivity index (χ4v) is 2.25. The molecule has 1 unspecified atom stereocenters. The Balaban J connectivity index is 2.67. The molecule has 0 aromatic heterocycles. The number of hydrogen-bond acceptors (Lipinski definition) is 3. The summed E-state index contributed by atoms with van der Waals surface area (Å²) in [4.78, 5) is 11.7. The molecule has 106 valence electrons. The summed E-state index contributed by atoms with van der Waals surface area (Å²) in [5.41, 5.74) is 0.906. The lowest BCUT2D eigenvalue weighted by atomic mass is 10.0. The Bertz CT molecular complexity index is 435. The number of rotatable bonds is 6. The smallest absolute Gasteiger partial charge is 0.322 e. The Morgan fingerprint density at radius 2 is 2.05 bits per heavy atom. The molecule has 0 aliphatic heterocycles. The fraction of sp³-hybridized carbons (Fsp3) is 0.500. The average molecular weight is 304 g/mol. The summed E-state index contributed by atoms with van der Waals surface area (Å²) in [6.45, 7) is 4.63. The zero-order chi connectivity index (χ0) is 14.4. The first-order chi connectivity index (χ1) is 8.93. The van der Waals surface area contributed by atoms with Gasteiger partial charge in [0.15, 0.2) is 0 Å². The molecule has 0 fully saturated rings. The van der Waals surface area contributed by atoms with Gasteiger partial charge in [-0.3, -0.25) is 4.79 Å². The van der Waals surface area contributed by atoms with Gasteiger partial charge >= 0.3 is 5.97 Å². The Morgan fingerprint density at radius 3 is 2.58 bits per heavy atom. The molecule has 3 nitrogen and oxygen atoms in total. The molecule has 0 radical (unpaired) electrons. The summed E-state index contributed by atoms with van der Waals surface area (Å²) in [6, 6.07) is 4.99. The van der Waals surface area contributed by atoms with Crippen LogP contribution < -0.4 is 5.32 Å². The minimum atomic E-state index is -0.322. The highest BCUT2D eigenvalue weighted by Crippen LogP contribution is 2.21. The molecule has 0 heterocycles. The van der Waals surface area contributed by atoms with Gasteiger partial charge in [0.2, 0.25) is 0 Å². The Morgan fingerprint density at radius 1 is 1.37 bits per heavy atom. The molecule has 5 heteroatoms. The first kappa shape index (κ1) is 16.3. The van der Waals surface area contributed by atoms with E-state index in [-0.39, 0.29) is 12.0 Å². The Kier molecular flexibility index (Phi) is 6.63. The van der Waals surface area contributed by atoms with Crippen LogP contribution in [0.1, 0.15) is 25.8 Å². The molecule has 0 aliphatic rings. The lowest BCUT2D eigenvalue weighted by Gasteiger charge is -2.18. The monoisotopic (exact) mass is 303 g/mol. The Labute approximate surface area is 124 Å². The lowest BCUT2D eigenvalue weighted by molar-refractivity contribution is -0.143. The van der Waals surface area contributed by atoms with E-state index in [1.54, 1.807) is 12.1 Å². The van der Waals surface area contributed by atoms with E-state index in [4.69, 9.17) is 27.9 Å². The van der Waals surface area contributed by atoms with Gasteiger partial charge in [0, 0.05) is 16.6 Å². The molecular formula is C14H19Cl2NO2. The topological polar surface area (TPSA) is 38.3 Å². The first-order valence-corrected chi connectivity index (χ1v) is 6.94. The molecule has 0 aliphatic carbocycles. The number of methoxy groups -OCH3 is 1. The summed E-state index contributed by atoms with van der Waals surface area (Å²) >= 11 is 11.9. The number of hydrogen-bond donors (Lipinski definition) is 1. The molecule has 1 aromatic carbocycles. The van der Waals surface area contributed by atoms with Crippen LogP contribution in [0.25, 0.3) is 0 Å². The highest BCUT2D eigenvalue weighted by molar-refractivity contribution is 6.35. The van der Waals surface area contributed by atoms with Crippen LogP contribution in [-0.2, 0) is 16.1 Å². The normalized spacial score (nSPS) is 12.5. The van der Waals surface area contributed by atoms with E-state index in [2.05, 4.69) is 19.2 Å². The summed E-state index contributed by atoms with van der Waals surface area (Å²) in [5, 5.41) is 4.36. The number of benzene rings is 1. The molecule has 0 saturated heterocycles. The van der Waals surface area contributed by atoms with Crippen molar-refractivity contribution < 1.29 is 9.53 Å². The number of carbonyl (C=O) groups excluding carboxylic acids is 1. The molecule has 1 rings (SSSR count). The highest BCUT2D eigenvalue weighted by Gasteiger charge is 2.20. The molecule has 0 spiro atoms. The number of carbonyl (C=O) groups is 1. The van der Waals surface area contributed by atoms with Crippen LogP contribution in [0.5, 0.6) is 0 Å². The predicted molar refractivity (Wildman–Crippen MR) is 78.6 cm³/mol. The van der Waals surface area contributed by atoms with Crippen molar-refractivity contribution in [3.63, 3.8) is 0 Å². The summed E-state index contributed by atoms with van der Waals surface area (Å²) in [6.07, 6.45) is 0.720. The quantitative estimate of drug-likeness (QED) is 0.815. The first-order valence-electron chi connectivity index (χ1n) is 6.19. The third-order valence-corrected chi connectivity index (χ3v) is 3.33. The maximum atomic E-state index is 11.7. The van der Waals surface area contributed by atoms with Crippen molar-refractivity contribution in [1.82, 2.24) is 5.32 Å². The van der Waals surface area contributed by atoms with Crippen LogP contribution in [0.2, 0.25) is 10.0 Å². The second-order valence-corrected chi connectivity index (χ2v) is 5.67. The van der Waals surface area contributed by atoms with Crippen LogP contribution in [0, 0.1) is 5.92 Å². The van der Waals surface area contributed by atoms with Crippen molar-refractivity contribution in [3.8, 4) is 0 Å². The van der Waals surface area contributed by atoms with Gasteiger partial charge in [-0.1, -0.05) is 43.1 Å². The van der Waals surface area contributed by atoms with E-state index >= 15 is 0 Å². The van der Waals surface area contributed by atoms with Gasteiger partial charge < -0.3 is 10.1 Å². The average Bonchev–Trinajstić information content (AvgIpc) is 2.34. The van der Waals surface area contributed by atoms with E-state index < -0.39 is 0 Å². The van der Waals surface area contributed by atoms with E-state index in [1.807, 2.05) is 6.07 Å². The van der Waals surface area contributed by atoms with Crippen LogP contribution in [0.4, 0.5) is 0 Å². The third-order valence-electron chi connectivity index (χ3n) is 2.75. The standard InChI is InChI=1S/C14H19Cl2NO2/c1-9(2)6-13(14(18)19-3)17-8-10-4-5-11(15)7-12(10)16/h4-5,7,9,13,17H,6,8H2,1-3H3. The largest absolute Gasteiger partial charge is 0.468 e. The van der Waals surface area contributed by atoms with Crippen molar-refractivity contribution in [2.45, 2.75) is 32.9 Å². The van der Waals surface area contributed by atoms with Gasteiger partial charge in [-0.2, -0.15) is 0 Å². The van der Waals surface area contributed by atoms with E-state index in [0.29, 0.717) is 22.5 Å². The minimum Gasteiger partial charge on any atom is -0.468 e. The van der Waals surface area contributed by atoms with Crippen molar-refractivity contribution in [3.05, 3.63) is 33.8 Å². The van der Waals surface area contributed by atoms with Gasteiger partial charge in [0.25, 0.3) is 0 Å². The molecule has 0 saturated carbocycles. The Hall–Kier alpha value is -0.770. The number of esters is 1. The summed E-state index contributed by atoms with van der Waals surface area (Å²) < 4.78 is 4.80. The zero-order valence-corrected chi connectivity index (χ0v) is 12.9. The maximum absolute atomic E-state index is 11.7. The molecule has 0 amide bonds. The van der Waals surface area contributed by atoms with Gasteiger partial charge in [-0.25, -0.2) is 0 Å². The molecule has 1 N–H and O–H groups in total. The van der Waals surface area contributed by atoms with E-state index in [0.717, 1.165) is 12.0 Å². The van der Waals surface area contributed by atoms with Crippen molar-refractivity contribution >= 4 is 29.2 Å². The van der Waals surface area contributed by atoms with Gasteiger partial charge in [-0.05, 0) is 30.0 Å². The zero-order valence-electron chi connectivity index (χ0n) is 11.4. The highest BCUT2D eigenvalue weighted by atomic mass is 35.5. The number of ether oxygens (including phenoxy) is 1. The van der Waals surface area contributed by atoms with Gasteiger partial charge in [0.05, 0.1) is 7.11 Å². The SMILES string of the molecule is COC(=O)C(CC(C)C)NCc1ccc(Cl)cc1Cl. The van der Waals surface area contributed by atoms with Crippen LogP contribution >= 0.6 is 23.2 Å². The minimum absolute atomic E-state index is 0.251. The molecular weight excluding hydrogens is 285 g/mol. The number of nitrogens with one attached hydrogen (secondary N) is 1. The third kappa shape index (κ3) is 5.39. The van der Waals surface area contributed by atoms with Crippen molar-refractivity contribution in [2.24, 2.45) is 5.92 Å². The molecule has 1 atom stereocenters.